The molecule has 0 unspecified atom stereocenters. The molecule has 0 amide bonds. The van der Waals surface area contributed by atoms with E-state index in [-0.39, 0.29) is 6.04 Å². The van der Waals surface area contributed by atoms with Gasteiger partial charge in [-0.25, -0.2) is 14.6 Å². The minimum absolute atomic E-state index is 0.265. The van der Waals surface area contributed by atoms with Gasteiger partial charge in [0.05, 0.1) is 18.0 Å². The third-order valence-corrected chi connectivity index (χ3v) is 6.65. The van der Waals surface area contributed by atoms with E-state index < -0.39 is 0 Å². The van der Waals surface area contributed by atoms with Gasteiger partial charge >= 0.3 is 0 Å². The van der Waals surface area contributed by atoms with Crippen molar-refractivity contribution in [3.63, 3.8) is 0 Å². The number of benzene rings is 3. The zero-order chi connectivity index (χ0) is 24.3. The lowest BCUT2D eigenvalue weighted by Crippen LogP contribution is -2.30. The van der Waals surface area contributed by atoms with E-state index in [4.69, 9.17) is 20.3 Å². The third-order valence-electron chi connectivity index (χ3n) is 6.65. The summed E-state index contributed by atoms with van der Waals surface area (Å²) in [6, 6.07) is 28.1. The lowest BCUT2D eigenvalue weighted by atomic mass is 9.81. The van der Waals surface area contributed by atoms with E-state index in [1.807, 2.05) is 77.5 Å². The van der Waals surface area contributed by atoms with E-state index in [1.54, 1.807) is 0 Å². The molecule has 0 saturated heterocycles. The molecule has 3 aromatic carbocycles. The molecular weight excluding hydrogens is 450 g/mol. The summed E-state index contributed by atoms with van der Waals surface area (Å²) in [5, 5.41) is 5.76. The number of nitrogens with two attached hydrogens (primary N) is 1. The topological polar surface area (TPSA) is 88.1 Å². The standard InChI is InChI=1S/C29H27N5O2/c30-28-26-27(22-11-13-25(14-12-22)36-24-9-5-2-6-10-24)33-34(29(26)32-19-31-28)23-15-21(16-23)18-35-17-20-7-3-1-4-8-20/h1-14,19,21,23H,15-18H2,(H2,30,31,32). The Balaban J connectivity index is 1.18. The quantitative estimate of drug-likeness (QED) is 0.293. The minimum Gasteiger partial charge on any atom is -0.457 e. The monoisotopic (exact) mass is 477 g/mol. The number of hydrogen-bond donors (Lipinski definition) is 1. The van der Waals surface area contributed by atoms with E-state index in [2.05, 4.69) is 22.1 Å². The molecule has 1 aliphatic carbocycles. The van der Waals surface area contributed by atoms with Gasteiger partial charge in [-0.1, -0.05) is 48.5 Å². The fourth-order valence-electron chi connectivity index (χ4n) is 4.71. The Labute approximate surface area is 209 Å². The lowest BCUT2D eigenvalue weighted by molar-refractivity contribution is 0.0360. The average molecular weight is 478 g/mol. The van der Waals surface area contributed by atoms with Crippen LogP contribution in [0.1, 0.15) is 24.4 Å². The predicted molar refractivity (Wildman–Crippen MR) is 140 cm³/mol. The second-order valence-electron chi connectivity index (χ2n) is 9.18. The molecule has 180 valence electrons. The van der Waals surface area contributed by atoms with E-state index in [9.17, 15) is 0 Å². The molecule has 1 fully saturated rings. The molecule has 2 N–H and O–H groups in total. The second kappa shape index (κ2) is 9.79. The smallest absolute Gasteiger partial charge is 0.164 e. The number of aromatic nitrogens is 4. The van der Waals surface area contributed by atoms with Crippen molar-refractivity contribution in [2.45, 2.75) is 25.5 Å². The van der Waals surface area contributed by atoms with Gasteiger partial charge in [0.2, 0.25) is 0 Å². The first kappa shape index (κ1) is 22.2. The summed E-state index contributed by atoms with van der Waals surface area (Å²) in [6.45, 7) is 1.39. The summed E-state index contributed by atoms with van der Waals surface area (Å²) in [5.41, 5.74) is 10.0. The highest BCUT2D eigenvalue weighted by Gasteiger charge is 2.33. The summed E-state index contributed by atoms with van der Waals surface area (Å²) < 4.78 is 13.9. The number of para-hydroxylation sites is 1. The van der Waals surface area contributed by atoms with Crippen molar-refractivity contribution in [3.8, 4) is 22.8 Å². The van der Waals surface area contributed by atoms with Gasteiger partial charge < -0.3 is 15.2 Å². The molecule has 1 aliphatic rings. The minimum atomic E-state index is 0.265. The number of fused-ring (bicyclic) bond motifs is 1. The van der Waals surface area contributed by atoms with Gasteiger partial charge in [0.25, 0.3) is 0 Å². The molecule has 7 nitrogen and oxygen atoms in total. The SMILES string of the molecule is Nc1ncnc2c1c(-c1ccc(Oc3ccccc3)cc1)nn2C1CC(COCc2ccccc2)C1. The van der Waals surface area contributed by atoms with Gasteiger partial charge in [-0.3, -0.25) is 0 Å². The van der Waals surface area contributed by atoms with E-state index in [1.165, 1.54) is 11.9 Å². The highest BCUT2D eigenvalue weighted by Crippen LogP contribution is 2.41. The number of hydrogen-bond acceptors (Lipinski definition) is 6. The van der Waals surface area contributed by atoms with Crippen LogP contribution in [0.5, 0.6) is 11.5 Å². The molecule has 1 saturated carbocycles. The summed E-state index contributed by atoms with van der Waals surface area (Å²) in [6.07, 6.45) is 3.51. The Hall–Kier alpha value is -4.23. The van der Waals surface area contributed by atoms with Gasteiger partial charge in [-0.05, 0) is 60.7 Å². The number of ether oxygens (including phenoxy) is 2. The lowest BCUT2D eigenvalue weighted by Gasteiger charge is -2.35. The number of rotatable bonds is 8. The zero-order valence-electron chi connectivity index (χ0n) is 19.8. The van der Waals surface area contributed by atoms with E-state index >= 15 is 0 Å². The van der Waals surface area contributed by atoms with Crippen LogP contribution in [0.25, 0.3) is 22.3 Å². The highest BCUT2D eigenvalue weighted by atomic mass is 16.5. The molecule has 6 rings (SSSR count). The van der Waals surface area contributed by atoms with Crippen LogP contribution < -0.4 is 10.5 Å². The average Bonchev–Trinajstić information content (AvgIpc) is 3.27. The van der Waals surface area contributed by atoms with E-state index in [0.29, 0.717) is 18.3 Å². The molecule has 7 heteroatoms. The maximum atomic E-state index is 6.30. The third kappa shape index (κ3) is 4.53. The summed E-state index contributed by atoms with van der Waals surface area (Å²) in [5.74, 6) is 2.50. The largest absolute Gasteiger partial charge is 0.457 e. The first-order valence-corrected chi connectivity index (χ1v) is 12.2. The summed E-state index contributed by atoms with van der Waals surface area (Å²) in [7, 11) is 0. The molecule has 0 spiro atoms. The molecule has 36 heavy (non-hydrogen) atoms. The van der Waals surface area contributed by atoms with Gasteiger partial charge in [0.15, 0.2) is 5.65 Å². The van der Waals surface area contributed by atoms with Crippen molar-refractivity contribution >= 4 is 16.9 Å². The first-order valence-electron chi connectivity index (χ1n) is 12.2. The maximum absolute atomic E-state index is 6.30. The molecule has 2 aromatic heterocycles. The Morgan fingerprint density at radius 1 is 0.833 bits per heavy atom. The van der Waals surface area contributed by atoms with Crippen LogP contribution in [-0.4, -0.2) is 26.4 Å². The highest BCUT2D eigenvalue weighted by molar-refractivity contribution is 5.98. The Kier molecular flexibility index (Phi) is 6.05. The van der Waals surface area contributed by atoms with Crippen LogP contribution in [0.2, 0.25) is 0 Å². The number of nitrogen functional groups attached to an aromatic ring is 1. The molecular formula is C29H27N5O2. The van der Waals surface area contributed by atoms with Gasteiger partial charge in [-0.15, -0.1) is 0 Å². The maximum Gasteiger partial charge on any atom is 0.164 e. The van der Waals surface area contributed by atoms with Gasteiger partial charge in [0, 0.05) is 12.2 Å². The fourth-order valence-corrected chi connectivity index (χ4v) is 4.71. The van der Waals surface area contributed by atoms with Crippen molar-refractivity contribution in [2.75, 3.05) is 12.3 Å². The predicted octanol–water partition coefficient (Wildman–Crippen LogP) is 6.04. The van der Waals surface area contributed by atoms with Gasteiger partial charge in [0.1, 0.15) is 29.3 Å². The zero-order valence-corrected chi connectivity index (χ0v) is 19.8. The van der Waals surface area contributed by atoms with Crippen LogP contribution >= 0.6 is 0 Å². The van der Waals surface area contributed by atoms with Crippen LogP contribution in [-0.2, 0) is 11.3 Å². The fraction of sp³-hybridized carbons (Fsp3) is 0.207. The molecule has 0 aliphatic heterocycles. The van der Waals surface area contributed by atoms with Crippen molar-refractivity contribution in [3.05, 3.63) is 96.8 Å². The van der Waals surface area contributed by atoms with Crippen LogP contribution in [0.3, 0.4) is 0 Å². The van der Waals surface area contributed by atoms with Gasteiger partial charge in [-0.2, -0.15) is 5.10 Å². The normalized spacial score (nSPS) is 17.1. The van der Waals surface area contributed by atoms with Crippen LogP contribution in [0.15, 0.2) is 91.3 Å². The summed E-state index contributed by atoms with van der Waals surface area (Å²) >= 11 is 0. The summed E-state index contributed by atoms with van der Waals surface area (Å²) in [4.78, 5) is 8.78. The Morgan fingerprint density at radius 3 is 2.28 bits per heavy atom. The Morgan fingerprint density at radius 2 is 1.53 bits per heavy atom. The molecule has 0 atom stereocenters. The van der Waals surface area contributed by atoms with Crippen LogP contribution in [0, 0.1) is 5.92 Å². The van der Waals surface area contributed by atoms with E-state index in [0.717, 1.165) is 53.2 Å². The molecule has 5 aromatic rings. The van der Waals surface area contributed by atoms with Crippen molar-refractivity contribution < 1.29 is 9.47 Å². The molecule has 0 radical (unpaired) electrons. The Bertz CT molecular complexity index is 1450. The van der Waals surface area contributed by atoms with Crippen molar-refractivity contribution in [1.29, 1.82) is 0 Å². The molecule has 0 bridgehead atoms. The van der Waals surface area contributed by atoms with Crippen LogP contribution in [0.4, 0.5) is 5.82 Å². The number of nitrogens with zero attached hydrogens (tertiary/aromatic N) is 4. The number of anilines is 1. The van der Waals surface area contributed by atoms with Crippen molar-refractivity contribution in [2.24, 2.45) is 5.92 Å². The first-order chi connectivity index (χ1) is 17.7. The molecule has 2 heterocycles. The van der Waals surface area contributed by atoms with Crippen molar-refractivity contribution in [1.82, 2.24) is 19.7 Å². The second-order valence-corrected chi connectivity index (χ2v) is 9.18.